The number of ether oxygens (including phenoxy) is 1. The van der Waals surface area contributed by atoms with E-state index < -0.39 is 12.0 Å². The molecule has 32 heavy (non-hydrogen) atoms. The lowest BCUT2D eigenvalue weighted by atomic mass is 10.1. The summed E-state index contributed by atoms with van der Waals surface area (Å²) >= 11 is 7.85. The van der Waals surface area contributed by atoms with E-state index in [1.165, 1.54) is 28.8 Å². The van der Waals surface area contributed by atoms with Gasteiger partial charge in [-0.25, -0.2) is 4.39 Å². The summed E-state index contributed by atoms with van der Waals surface area (Å²) in [5.74, 6) is 0.590. The molecule has 0 bridgehead atoms. The average Bonchev–Trinajstić information content (AvgIpc) is 2.91. The van der Waals surface area contributed by atoms with Gasteiger partial charge in [-0.05, 0) is 24.1 Å². The highest BCUT2D eigenvalue weighted by Gasteiger charge is 2.37. The summed E-state index contributed by atoms with van der Waals surface area (Å²) in [6.07, 6.45) is -0.969. The molecule has 0 spiro atoms. The monoisotopic (exact) mass is 472 g/mol. The fourth-order valence-electron chi connectivity index (χ4n) is 3.39. The first-order valence-electron chi connectivity index (χ1n) is 10.3. The van der Waals surface area contributed by atoms with Crippen LogP contribution in [0.3, 0.4) is 0 Å². The Hall–Kier alpha value is -2.71. The number of halogens is 2. The Kier molecular flexibility index (Phi) is 6.62. The van der Waals surface area contributed by atoms with Crippen molar-refractivity contribution in [2.75, 3.05) is 10.7 Å². The second-order valence-corrected chi connectivity index (χ2v) is 9.09. The molecule has 1 atom stereocenters. The lowest BCUT2D eigenvalue weighted by Crippen LogP contribution is -2.38. The molecule has 0 radical (unpaired) electrons. The van der Waals surface area contributed by atoms with Gasteiger partial charge in [-0.2, -0.15) is 4.98 Å². The number of hydrogen-bond acceptors (Lipinski definition) is 6. The Morgan fingerprint density at radius 2 is 2.00 bits per heavy atom. The average molecular weight is 473 g/mol. The molecule has 166 valence electrons. The number of nitrogens with zero attached hydrogens (tertiary/aromatic N) is 4. The third kappa shape index (κ3) is 4.29. The largest absolute Gasteiger partial charge is 0.447 e. The number of carbonyl (C=O) groups excluding carboxylic acids is 1. The molecule has 0 fully saturated rings. The third-order valence-electron chi connectivity index (χ3n) is 4.88. The predicted molar refractivity (Wildman–Crippen MR) is 123 cm³/mol. The van der Waals surface area contributed by atoms with Crippen LogP contribution in [0.2, 0.25) is 5.02 Å². The van der Waals surface area contributed by atoms with E-state index >= 15 is 0 Å². The van der Waals surface area contributed by atoms with Crippen LogP contribution in [-0.4, -0.2) is 26.8 Å². The predicted octanol–water partition coefficient (Wildman–Crippen LogP) is 5.91. The Balaban J connectivity index is 1.93. The SMILES string of the molecule is CCC(=O)N1c2ccccc2-c2nnc(SCC(C)C)nc2OC1c1c(F)cccc1Cl. The number of amides is 1. The Bertz CT molecular complexity index is 1140. The maximum absolute atomic E-state index is 15.0. The molecule has 1 aromatic heterocycles. The molecule has 2 heterocycles. The maximum atomic E-state index is 15.0. The van der Waals surface area contributed by atoms with Crippen molar-refractivity contribution in [3.63, 3.8) is 0 Å². The van der Waals surface area contributed by atoms with Gasteiger partial charge < -0.3 is 4.74 Å². The Morgan fingerprint density at radius 3 is 2.72 bits per heavy atom. The summed E-state index contributed by atoms with van der Waals surface area (Å²) in [6, 6.07) is 11.6. The summed E-state index contributed by atoms with van der Waals surface area (Å²) in [5.41, 5.74) is 1.60. The molecule has 1 amide bonds. The van der Waals surface area contributed by atoms with Crippen LogP contribution < -0.4 is 9.64 Å². The van der Waals surface area contributed by atoms with Gasteiger partial charge in [-0.15, -0.1) is 10.2 Å². The fourth-order valence-corrected chi connectivity index (χ4v) is 4.37. The number of fused-ring (bicyclic) bond motifs is 3. The quantitative estimate of drug-likeness (QED) is 0.430. The van der Waals surface area contributed by atoms with Gasteiger partial charge in [0.05, 0.1) is 16.3 Å². The van der Waals surface area contributed by atoms with Crippen LogP contribution in [0.5, 0.6) is 5.88 Å². The lowest BCUT2D eigenvalue weighted by molar-refractivity contribution is -0.120. The van der Waals surface area contributed by atoms with E-state index in [-0.39, 0.29) is 28.8 Å². The highest BCUT2D eigenvalue weighted by Crippen LogP contribution is 2.45. The van der Waals surface area contributed by atoms with E-state index in [9.17, 15) is 9.18 Å². The summed E-state index contributed by atoms with van der Waals surface area (Å²) in [6.45, 7) is 5.93. The van der Waals surface area contributed by atoms with Gasteiger partial charge in [0.25, 0.3) is 0 Å². The van der Waals surface area contributed by atoms with E-state index in [4.69, 9.17) is 16.3 Å². The molecule has 0 aliphatic carbocycles. The molecule has 4 rings (SSSR count). The number of thioether (sulfide) groups is 1. The normalized spacial score (nSPS) is 15.1. The van der Waals surface area contributed by atoms with Crippen molar-refractivity contribution in [3.05, 3.63) is 58.9 Å². The number of anilines is 1. The maximum Gasteiger partial charge on any atom is 0.247 e. The zero-order valence-corrected chi connectivity index (χ0v) is 19.5. The highest BCUT2D eigenvalue weighted by molar-refractivity contribution is 7.99. The minimum atomic E-state index is -1.15. The van der Waals surface area contributed by atoms with Crippen LogP contribution in [0, 0.1) is 11.7 Å². The standard InChI is InChI=1S/C23H22ClFN4O2S/c1-4-18(30)29-17-11-6-5-8-14(17)20-21(26-23(28-27-20)32-12-13(2)3)31-22(29)19-15(24)9-7-10-16(19)25/h5-11,13,22H,4,12H2,1-3H3. The second-order valence-electron chi connectivity index (χ2n) is 7.69. The van der Waals surface area contributed by atoms with Crippen molar-refractivity contribution in [2.45, 2.75) is 38.6 Å². The van der Waals surface area contributed by atoms with E-state index in [2.05, 4.69) is 29.0 Å². The lowest BCUT2D eigenvalue weighted by Gasteiger charge is -2.31. The minimum absolute atomic E-state index is 0.0635. The van der Waals surface area contributed by atoms with Crippen LogP contribution >= 0.6 is 23.4 Å². The van der Waals surface area contributed by atoms with Crippen molar-refractivity contribution >= 4 is 35.0 Å². The van der Waals surface area contributed by atoms with Gasteiger partial charge in [0.1, 0.15) is 5.82 Å². The molecule has 2 aromatic carbocycles. The van der Waals surface area contributed by atoms with Crippen LogP contribution in [0.15, 0.2) is 47.6 Å². The van der Waals surface area contributed by atoms with Crippen LogP contribution in [-0.2, 0) is 4.79 Å². The number of rotatable bonds is 5. The molecule has 1 aliphatic heterocycles. The van der Waals surface area contributed by atoms with Gasteiger partial charge in [0, 0.05) is 17.7 Å². The summed E-state index contributed by atoms with van der Waals surface area (Å²) in [7, 11) is 0. The van der Waals surface area contributed by atoms with Crippen LogP contribution in [0.1, 0.15) is 39.0 Å². The topological polar surface area (TPSA) is 68.2 Å². The van der Waals surface area contributed by atoms with Crippen LogP contribution in [0.25, 0.3) is 11.3 Å². The van der Waals surface area contributed by atoms with Crippen molar-refractivity contribution in [2.24, 2.45) is 5.92 Å². The van der Waals surface area contributed by atoms with Gasteiger partial charge in [-0.3, -0.25) is 9.69 Å². The van der Waals surface area contributed by atoms with Gasteiger partial charge >= 0.3 is 0 Å². The van der Waals surface area contributed by atoms with Gasteiger partial charge in [0.2, 0.25) is 23.2 Å². The molecule has 1 aliphatic rings. The molecular weight excluding hydrogens is 451 g/mol. The van der Waals surface area contributed by atoms with E-state index in [1.807, 2.05) is 12.1 Å². The van der Waals surface area contributed by atoms with Gasteiger partial charge in [0.15, 0.2) is 5.69 Å². The first-order valence-corrected chi connectivity index (χ1v) is 11.7. The van der Waals surface area contributed by atoms with Crippen molar-refractivity contribution in [1.82, 2.24) is 15.2 Å². The number of hydrogen-bond donors (Lipinski definition) is 0. The summed E-state index contributed by atoms with van der Waals surface area (Å²) < 4.78 is 21.2. The molecule has 1 unspecified atom stereocenters. The van der Waals surface area contributed by atoms with Crippen molar-refractivity contribution in [1.29, 1.82) is 0 Å². The first-order chi connectivity index (χ1) is 15.4. The number of para-hydroxylation sites is 1. The fraction of sp³-hybridized carbons (Fsp3) is 0.304. The molecule has 3 aromatic rings. The number of aromatic nitrogens is 3. The van der Waals surface area contributed by atoms with Crippen LogP contribution in [0.4, 0.5) is 10.1 Å². The van der Waals surface area contributed by atoms with E-state index in [1.54, 1.807) is 25.1 Å². The highest BCUT2D eigenvalue weighted by atomic mass is 35.5. The Labute approximate surface area is 195 Å². The van der Waals surface area contributed by atoms with E-state index in [0.717, 1.165) is 5.75 Å². The van der Waals surface area contributed by atoms with Gasteiger partial charge in [-0.1, -0.05) is 68.4 Å². The summed E-state index contributed by atoms with van der Waals surface area (Å²) in [5, 5.41) is 9.22. The second kappa shape index (κ2) is 9.42. The zero-order chi connectivity index (χ0) is 22.8. The molecular formula is C23H22ClFN4O2S. The Morgan fingerprint density at radius 1 is 1.22 bits per heavy atom. The van der Waals surface area contributed by atoms with Crippen molar-refractivity contribution in [3.8, 4) is 17.1 Å². The number of carbonyl (C=O) groups is 1. The number of benzene rings is 2. The van der Waals surface area contributed by atoms with E-state index in [0.29, 0.717) is 28.0 Å². The smallest absolute Gasteiger partial charge is 0.247 e. The molecule has 9 heteroatoms. The first kappa shape index (κ1) is 22.5. The summed E-state index contributed by atoms with van der Waals surface area (Å²) in [4.78, 5) is 19.1. The zero-order valence-electron chi connectivity index (χ0n) is 17.9. The molecule has 6 nitrogen and oxygen atoms in total. The molecule has 0 saturated carbocycles. The third-order valence-corrected chi connectivity index (χ3v) is 6.47. The van der Waals surface area contributed by atoms with Crippen molar-refractivity contribution < 1.29 is 13.9 Å². The molecule has 0 saturated heterocycles. The molecule has 0 N–H and O–H groups in total. The minimum Gasteiger partial charge on any atom is -0.447 e.